The normalized spacial score (nSPS) is 13.1. The number of aryl methyl sites for hydroxylation is 1. The number of likely N-dealkylation sites (N-methyl/N-ethyl adjacent to an activating group) is 1. The molecule has 140 valence electrons. The molecule has 0 aliphatic rings. The minimum atomic E-state index is -0.431. The molecule has 2 atom stereocenters. The van der Waals surface area contributed by atoms with Crippen LogP contribution in [0.5, 0.6) is 5.75 Å². The lowest BCUT2D eigenvalue weighted by atomic mass is 10.0. The molecule has 0 radical (unpaired) electrons. The quantitative estimate of drug-likeness (QED) is 0.554. The Morgan fingerprint density at radius 1 is 1.19 bits per heavy atom. The summed E-state index contributed by atoms with van der Waals surface area (Å²) in [5, 5.41) is 0. The maximum atomic E-state index is 12.9. The molecule has 1 unspecified atom stereocenters. The number of benzene rings is 1. The molecule has 2 N–H and O–H groups in total. The monoisotopic (exact) mass is 359 g/mol. The van der Waals surface area contributed by atoms with E-state index in [-0.39, 0.29) is 11.8 Å². The van der Waals surface area contributed by atoms with Gasteiger partial charge >= 0.3 is 5.97 Å². The predicted octanol–water partition coefficient (Wildman–Crippen LogP) is 1.58. The minimum absolute atomic E-state index is 0.0297. The lowest BCUT2D eigenvalue weighted by Gasteiger charge is -2.20. The van der Waals surface area contributed by atoms with Crippen LogP contribution < -0.4 is 9.64 Å². The Kier molecular flexibility index (Phi) is 6.58. The van der Waals surface area contributed by atoms with Crippen LogP contribution in [0.2, 0.25) is 0 Å². The molecule has 0 saturated carbocycles. The zero-order valence-electron chi connectivity index (χ0n) is 16.0. The molecule has 2 rings (SSSR count). The summed E-state index contributed by atoms with van der Waals surface area (Å²) in [7, 11) is 3.30. The molecule has 0 saturated heterocycles. The van der Waals surface area contributed by atoms with Gasteiger partial charge in [-0.05, 0) is 38.5 Å². The Morgan fingerprint density at radius 2 is 1.85 bits per heavy atom. The van der Waals surface area contributed by atoms with Crippen LogP contribution in [0, 0.1) is 13.8 Å². The van der Waals surface area contributed by atoms with E-state index in [1.54, 1.807) is 13.8 Å². The van der Waals surface area contributed by atoms with Crippen molar-refractivity contribution in [2.45, 2.75) is 26.8 Å². The number of H-pyrrole nitrogens is 1. The van der Waals surface area contributed by atoms with Crippen LogP contribution in [0.25, 0.3) is 0 Å². The van der Waals surface area contributed by atoms with E-state index in [0.29, 0.717) is 35.7 Å². The molecule has 0 bridgehead atoms. The van der Waals surface area contributed by atoms with E-state index in [1.807, 2.05) is 44.3 Å². The number of esters is 1. The first-order valence-corrected chi connectivity index (χ1v) is 8.68. The van der Waals surface area contributed by atoms with Crippen molar-refractivity contribution in [2.75, 3.05) is 27.3 Å². The molecular formula is C20H27N2O4+. The van der Waals surface area contributed by atoms with Crippen LogP contribution in [0.3, 0.4) is 0 Å². The first kappa shape index (κ1) is 19.7. The molecule has 1 aromatic heterocycles. The first-order valence-electron chi connectivity index (χ1n) is 8.68. The number of carbonyl (C=O) groups excluding carboxylic acids is 2. The van der Waals surface area contributed by atoms with Gasteiger partial charge in [0.2, 0.25) is 5.78 Å². The smallest absolute Gasteiger partial charge is 0.339 e. The number of para-hydroxylation sites is 1. The molecule has 0 aliphatic carbocycles. The molecule has 0 spiro atoms. The van der Waals surface area contributed by atoms with Crippen LogP contribution in [0.4, 0.5) is 0 Å². The molecule has 26 heavy (non-hydrogen) atoms. The standard InChI is InChI=1S/C20H26N2O4/c1-13-17(20(24)25-5)14(2)21-18(13)19(23)15(3)22(4)11-12-26-16-9-7-6-8-10-16/h6-10,15,21H,11-12H2,1-5H3/p+1/t15-/m0/s1. The summed E-state index contributed by atoms with van der Waals surface area (Å²) >= 11 is 0. The Hall–Kier alpha value is -2.60. The van der Waals surface area contributed by atoms with Crippen LogP contribution in [0.1, 0.15) is 39.0 Å². The van der Waals surface area contributed by atoms with Crippen molar-refractivity contribution in [1.29, 1.82) is 0 Å². The van der Waals surface area contributed by atoms with Crippen molar-refractivity contribution in [1.82, 2.24) is 4.98 Å². The van der Waals surface area contributed by atoms with Gasteiger partial charge < -0.3 is 19.4 Å². The van der Waals surface area contributed by atoms with Gasteiger partial charge in [0, 0.05) is 5.69 Å². The summed E-state index contributed by atoms with van der Waals surface area (Å²) in [6, 6.07) is 9.33. The highest BCUT2D eigenvalue weighted by Crippen LogP contribution is 2.19. The summed E-state index contributed by atoms with van der Waals surface area (Å²) in [4.78, 5) is 28.9. The van der Waals surface area contributed by atoms with Gasteiger partial charge in [-0.2, -0.15) is 0 Å². The number of methoxy groups -OCH3 is 1. The Balaban J connectivity index is 2.01. The number of aromatic nitrogens is 1. The lowest BCUT2D eigenvalue weighted by molar-refractivity contribution is -0.893. The molecule has 6 nitrogen and oxygen atoms in total. The second kappa shape index (κ2) is 8.67. The number of nitrogens with one attached hydrogen (secondary N) is 2. The number of quaternary nitrogens is 1. The summed E-state index contributed by atoms with van der Waals surface area (Å²) < 4.78 is 10.5. The van der Waals surface area contributed by atoms with E-state index in [0.717, 1.165) is 10.6 Å². The van der Waals surface area contributed by atoms with Gasteiger partial charge in [0.25, 0.3) is 0 Å². The summed E-state index contributed by atoms with van der Waals surface area (Å²) in [5.74, 6) is 0.357. The molecule has 0 amide bonds. The third kappa shape index (κ3) is 4.32. The fourth-order valence-corrected chi connectivity index (χ4v) is 2.91. The third-order valence-electron chi connectivity index (χ3n) is 4.71. The van der Waals surface area contributed by atoms with Crippen molar-refractivity contribution in [3.63, 3.8) is 0 Å². The molecule has 0 aliphatic heterocycles. The van der Waals surface area contributed by atoms with Gasteiger partial charge in [0.1, 0.15) is 24.9 Å². The number of ketones is 1. The van der Waals surface area contributed by atoms with Gasteiger partial charge in [-0.3, -0.25) is 4.79 Å². The minimum Gasteiger partial charge on any atom is -0.488 e. The predicted molar refractivity (Wildman–Crippen MR) is 99.1 cm³/mol. The SMILES string of the molecule is COC(=O)c1c(C)[nH]c(C(=O)[C@H](C)[NH+](C)CCOc2ccccc2)c1C. The van der Waals surface area contributed by atoms with Gasteiger partial charge in [0.05, 0.1) is 25.4 Å². The summed E-state index contributed by atoms with van der Waals surface area (Å²) in [5.41, 5.74) is 2.20. The molecular weight excluding hydrogens is 332 g/mol. The Morgan fingerprint density at radius 3 is 2.46 bits per heavy atom. The van der Waals surface area contributed by atoms with Gasteiger partial charge in [-0.1, -0.05) is 18.2 Å². The highest BCUT2D eigenvalue weighted by atomic mass is 16.5. The highest BCUT2D eigenvalue weighted by molar-refractivity contribution is 6.03. The van der Waals surface area contributed by atoms with Crippen molar-refractivity contribution >= 4 is 11.8 Å². The average molecular weight is 359 g/mol. The van der Waals surface area contributed by atoms with E-state index in [4.69, 9.17) is 9.47 Å². The zero-order valence-corrected chi connectivity index (χ0v) is 16.0. The molecule has 6 heteroatoms. The van der Waals surface area contributed by atoms with E-state index in [1.165, 1.54) is 7.11 Å². The van der Waals surface area contributed by atoms with Gasteiger partial charge in [-0.15, -0.1) is 0 Å². The van der Waals surface area contributed by atoms with Crippen LogP contribution >= 0.6 is 0 Å². The second-order valence-corrected chi connectivity index (χ2v) is 6.46. The fourth-order valence-electron chi connectivity index (χ4n) is 2.91. The number of hydrogen-bond acceptors (Lipinski definition) is 4. The van der Waals surface area contributed by atoms with Crippen LogP contribution in [0.15, 0.2) is 30.3 Å². The number of hydrogen-bond donors (Lipinski definition) is 2. The van der Waals surface area contributed by atoms with E-state index in [9.17, 15) is 9.59 Å². The second-order valence-electron chi connectivity index (χ2n) is 6.46. The van der Waals surface area contributed by atoms with Crippen molar-refractivity contribution in [2.24, 2.45) is 0 Å². The lowest BCUT2D eigenvalue weighted by Crippen LogP contribution is -3.14. The number of carbonyl (C=O) groups is 2. The highest BCUT2D eigenvalue weighted by Gasteiger charge is 2.29. The fraction of sp³-hybridized carbons (Fsp3) is 0.400. The Labute approximate surface area is 154 Å². The maximum Gasteiger partial charge on any atom is 0.339 e. The largest absolute Gasteiger partial charge is 0.488 e. The average Bonchev–Trinajstić information content (AvgIpc) is 2.94. The summed E-state index contributed by atoms with van der Waals surface area (Å²) in [6.07, 6.45) is 0. The van der Waals surface area contributed by atoms with E-state index in [2.05, 4.69) is 4.98 Å². The van der Waals surface area contributed by atoms with Crippen molar-refractivity contribution < 1.29 is 24.0 Å². The van der Waals surface area contributed by atoms with Crippen LogP contribution in [-0.2, 0) is 4.74 Å². The number of Topliss-reactive ketones (excluding diaryl/α,β-unsaturated/α-hetero) is 1. The topological polar surface area (TPSA) is 72.8 Å². The summed E-state index contributed by atoms with van der Waals surface area (Å²) in [6.45, 7) is 6.62. The number of ether oxygens (including phenoxy) is 2. The van der Waals surface area contributed by atoms with Crippen molar-refractivity contribution in [3.8, 4) is 5.75 Å². The first-order chi connectivity index (χ1) is 12.4. The number of rotatable bonds is 8. The molecule has 1 aromatic carbocycles. The molecule has 0 fully saturated rings. The van der Waals surface area contributed by atoms with E-state index >= 15 is 0 Å². The Bertz CT molecular complexity index is 768. The zero-order chi connectivity index (χ0) is 19.3. The molecule has 2 aromatic rings. The third-order valence-corrected chi connectivity index (χ3v) is 4.71. The van der Waals surface area contributed by atoms with E-state index < -0.39 is 5.97 Å². The maximum absolute atomic E-state index is 12.9. The van der Waals surface area contributed by atoms with Crippen LogP contribution in [-0.4, -0.2) is 50.1 Å². The number of aromatic amines is 1. The van der Waals surface area contributed by atoms with Gasteiger partial charge in [-0.25, -0.2) is 4.79 Å². The van der Waals surface area contributed by atoms with Gasteiger partial charge in [0.15, 0.2) is 0 Å². The van der Waals surface area contributed by atoms with Crippen molar-refractivity contribution in [3.05, 3.63) is 52.8 Å². The molecule has 1 heterocycles.